The molecule has 1 heterocycles. The summed E-state index contributed by atoms with van der Waals surface area (Å²) in [4.78, 5) is 0. The van der Waals surface area contributed by atoms with Crippen LogP contribution in [-0.4, -0.2) is 27.5 Å². The second-order valence-corrected chi connectivity index (χ2v) is 9.13. The molecule has 0 fully saturated rings. The first-order chi connectivity index (χ1) is 18.1. The summed E-state index contributed by atoms with van der Waals surface area (Å²) in [6.45, 7) is 4.38. The Kier molecular flexibility index (Phi) is 8.16. The molecule has 198 valence electrons. The average Bonchev–Trinajstić information content (AvgIpc) is 3.17. The zero-order valence-corrected chi connectivity index (χ0v) is 21.7. The van der Waals surface area contributed by atoms with Crippen LogP contribution in [0.25, 0.3) is 10.9 Å². The molecule has 11 heteroatoms. The van der Waals surface area contributed by atoms with Crippen LogP contribution in [0.2, 0.25) is 0 Å². The molecule has 38 heavy (non-hydrogen) atoms. The van der Waals surface area contributed by atoms with E-state index in [1.54, 1.807) is 10.9 Å². The van der Waals surface area contributed by atoms with Crippen LogP contribution in [0.1, 0.15) is 36.6 Å². The maximum Gasteiger partial charge on any atom is 0.573 e. The normalized spacial score (nSPS) is 11.8. The molecule has 7 nitrogen and oxygen atoms in total. The molecule has 4 rings (SSSR count). The number of thiocarbonyl (C=S) groups is 1. The van der Waals surface area contributed by atoms with Gasteiger partial charge in [-0.15, -0.1) is 13.2 Å². The number of nitrogens with zero attached hydrogens (tertiary/aromatic N) is 3. The highest BCUT2D eigenvalue weighted by molar-refractivity contribution is 7.80. The molecule has 0 spiro atoms. The van der Waals surface area contributed by atoms with Gasteiger partial charge in [0.1, 0.15) is 23.8 Å². The van der Waals surface area contributed by atoms with Crippen LogP contribution in [0, 0.1) is 0 Å². The quantitative estimate of drug-likeness (QED) is 0.151. The Morgan fingerprint density at radius 1 is 1.08 bits per heavy atom. The van der Waals surface area contributed by atoms with Crippen molar-refractivity contribution in [3.05, 3.63) is 83.6 Å². The number of hydrogen-bond acceptors (Lipinski definition) is 5. The molecular formula is C27H26F3N5O2S. The van der Waals surface area contributed by atoms with E-state index >= 15 is 0 Å². The first kappa shape index (κ1) is 26.9. The van der Waals surface area contributed by atoms with Crippen molar-refractivity contribution < 1.29 is 22.6 Å². The van der Waals surface area contributed by atoms with E-state index in [1.165, 1.54) is 24.3 Å². The molecule has 0 unspecified atom stereocenters. The van der Waals surface area contributed by atoms with Crippen molar-refractivity contribution in [3.8, 4) is 11.5 Å². The van der Waals surface area contributed by atoms with Gasteiger partial charge in [0, 0.05) is 18.1 Å². The zero-order valence-electron chi connectivity index (χ0n) is 20.9. The third-order valence-corrected chi connectivity index (χ3v) is 5.79. The summed E-state index contributed by atoms with van der Waals surface area (Å²) in [5.41, 5.74) is 7.34. The number of aromatic nitrogens is 2. The Labute approximate surface area is 223 Å². The second kappa shape index (κ2) is 11.5. The molecule has 0 amide bonds. The van der Waals surface area contributed by atoms with Crippen LogP contribution < -0.4 is 20.2 Å². The van der Waals surface area contributed by atoms with Crippen molar-refractivity contribution in [1.82, 2.24) is 15.2 Å². The topological polar surface area (TPSA) is 72.7 Å². The summed E-state index contributed by atoms with van der Waals surface area (Å²) in [7, 11) is 1.82. The molecule has 0 atom stereocenters. The number of alkyl halides is 3. The number of hydrogen-bond donors (Lipinski definition) is 2. The SMILES string of the molecule is CC(C)c1ccccc1NC(=S)N/N=C/c1ccc2c(COc3ccc(OC(F)(F)F)cc3)nn(C)c2c1. The molecular weight excluding hydrogens is 515 g/mol. The van der Waals surface area contributed by atoms with E-state index in [2.05, 4.69) is 45.6 Å². The predicted molar refractivity (Wildman–Crippen MR) is 146 cm³/mol. The lowest BCUT2D eigenvalue weighted by Crippen LogP contribution is -2.24. The summed E-state index contributed by atoms with van der Waals surface area (Å²) < 4.78 is 48.3. The van der Waals surface area contributed by atoms with Gasteiger partial charge in [0.05, 0.1) is 11.7 Å². The molecule has 4 aromatic rings. The standard InChI is InChI=1S/C27H26F3N5O2S/c1-17(2)21-6-4-5-7-23(21)32-26(38)33-31-15-18-8-13-22-24(34-35(3)25(22)14-18)16-36-19-9-11-20(12-10-19)37-27(28,29)30/h4-15,17H,16H2,1-3H3,(H2,32,33,38)/b31-15+. The maximum absolute atomic E-state index is 12.3. The molecule has 0 bridgehead atoms. The van der Waals surface area contributed by atoms with Gasteiger partial charge in [-0.2, -0.15) is 10.2 Å². The number of halogens is 3. The smallest absolute Gasteiger partial charge is 0.487 e. The third-order valence-electron chi connectivity index (χ3n) is 5.60. The number of aryl methyl sites for hydroxylation is 1. The second-order valence-electron chi connectivity index (χ2n) is 8.72. The van der Waals surface area contributed by atoms with E-state index in [0.29, 0.717) is 22.5 Å². The Balaban J connectivity index is 1.37. The molecule has 1 aromatic heterocycles. The number of ether oxygens (including phenoxy) is 2. The number of rotatable bonds is 8. The molecule has 3 aromatic carbocycles. The van der Waals surface area contributed by atoms with E-state index < -0.39 is 6.36 Å². The average molecular weight is 542 g/mol. The fraction of sp³-hybridized carbons (Fsp3) is 0.222. The highest BCUT2D eigenvalue weighted by Gasteiger charge is 2.31. The molecule has 0 aliphatic rings. The van der Waals surface area contributed by atoms with Gasteiger partial charge >= 0.3 is 6.36 Å². The van der Waals surface area contributed by atoms with Crippen LogP contribution in [0.3, 0.4) is 0 Å². The first-order valence-corrected chi connectivity index (χ1v) is 12.1. The van der Waals surface area contributed by atoms with Crippen molar-refractivity contribution in [2.75, 3.05) is 5.32 Å². The zero-order chi connectivity index (χ0) is 27.3. The maximum atomic E-state index is 12.3. The summed E-state index contributed by atoms with van der Waals surface area (Å²) >= 11 is 5.38. The minimum atomic E-state index is -4.74. The van der Waals surface area contributed by atoms with Crippen LogP contribution >= 0.6 is 12.2 Å². The Morgan fingerprint density at radius 2 is 1.79 bits per heavy atom. The van der Waals surface area contributed by atoms with E-state index in [4.69, 9.17) is 17.0 Å². The van der Waals surface area contributed by atoms with Crippen molar-refractivity contribution >= 4 is 40.1 Å². The van der Waals surface area contributed by atoms with Crippen molar-refractivity contribution in [3.63, 3.8) is 0 Å². The molecule has 2 N–H and O–H groups in total. The van der Waals surface area contributed by atoms with E-state index in [0.717, 1.165) is 27.7 Å². The fourth-order valence-electron chi connectivity index (χ4n) is 3.86. The lowest BCUT2D eigenvalue weighted by molar-refractivity contribution is -0.274. The number of para-hydroxylation sites is 1. The van der Waals surface area contributed by atoms with E-state index in [-0.39, 0.29) is 12.4 Å². The van der Waals surface area contributed by atoms with Gasteiger partial charge in [-0.1, -0.05) is 44.2 Å². The molecule has 0 saturated carbocycles. The van der Waals surface area contributed by atoms with Gasteiger partial charge in [0.15, 0.2) is 5.11 Å². The number of hydrazone groups is 1. The summed E-state index contributed by atoms with van der Waals surface area (Å²) in [5.74, 6) is 0.437. The summed E-state index contributed by atoms with van der Waals surface area (Å²) in [5, 5.41) is 13.2. The van der Waals surface area contributed by atoms with Crippen LogP contribution in [0.15, 0.2) is 71.8 Å². The van der Waals surface area contributed by atoms with Crippen LogP contribution in [-0.2, 0) is 13.7 Å². The van der Waals surface area contributed by atoms with Gasteiger partial charge in [0.2, 0.25) is 0 Å². The van der Waals surface area contributed by atoms with Crippen molar-refractivity contribution in [2.24, 2.45) is 12.1 Å². The molecule has 0 aliphatic carbocycles. The Hall–Kier alpha value is -4.12. The lowest BCUT2D eigenvalue weighted by Gasteiger charge is -2.14. The predicted octanol–water partition coefficient (Wildman–Crippen LogP) is 6.49. The van der Waals surface area contributed by atoms with Crippen LogP contribution in [0.4, 0.5) is 18.9 Å². The first-order valence-electron chi connectivity index (χ1n) is 11.7. The van der Waals surface area contributed by atoms with Gasteiger partial charge < -0.3 is 14.8 Å². The minimum Gasteiger partial charge on any atom is -0.487 e. The third kappa shape index (κ3) is 7.00. The summed E-state index contributed by atoms with van der Waals surface area (Å²) in [6.07, 6.45) is -3.08. The molecule has 0 aliphatic heterocycles. The lowest BCUT2D eigenvalue weighted by atomic mass is 10.0. The highest BCUT2D eigenvalue weighted by atomic mass is 32.1. The molecule has 0 radical (unpaired) electrons. The van der Waals surface area contributed by atoms with Gasteiger partial charge in [-0.3, -0.25) is 10.1 Å². The van der Waals surface area contributed by atoms with Gasteiger partial charge in [-0.05, 0) is 65.7 Å². The number of nitrogens with one attached hydrogen (secondary N) is 2. The van der Waals surface area contributed by atoms with Crippen molar-refractivity contribution in [1.29, 1.82) is 0 Å². The van der Waals surface area contributed by atoms with Gasteiger partial charge in [-0.25, -0.2) is 0 Å². The Morgan fingerprint density at radius 3 is 2.50 bits per heavy atom. The largest absolute Gasteiger partial charge is 0.573 e. The summed E-state index contributed by atoms with van der Waals surface area (Å²) in [6, 6.07) is 18.9. The van der Waals surface area contributed by atoms with Crippen LogP contribution in [0.5, 0.6) is 11.5 Å². The highest BCUT2D eigenvalue weighted by Crippen LogP contribution is 2.26. The number of benzene rings is 3. The molecule has 0 saturated heterocycles. The fourth-order valence-corrected chi connectivity index (χ4v) is 4.02. The number of fused-ring (bicyclic) bond motifs is 1. The number of anilines is 1. The van der Waals surface area contributed by atoms with Gasteiger partial charge in [0.25, 0.3) is 0 Å². The minimum absolute atomic E-state index is 0.142. The monoisotopic (exact) mass is 541 g/mol. The van der Waals surface area contributed by atoms with Crippen molar-refractivity contribution in [2.45, 2.75) is 32.7 Å². The van der Waals surface area contributed by atoms with E-state index in [1.807, 2.05) is 43.4 Å². The van der Waals surface area contributed by atoms with E-state index in [9.17, 15) is 13.2 Å². The Bertz CT molecular complexity index is 1450.